The number of para-hydroxylation sites is 1. The topological polar surface area (TPSA) is 66.3 Å². The van der Waals surface area contributed by atoms with Gasteiger partial charge in [-0.25, -0.2) is 5.01 Å². The predicted octanol–water partition coefficient (Wildman–Crippen LogP) is 2.71. The summed E-state index contributed by atoms with van der Waals surface area (Å²) >= 11 is 1.57. The van der Waals surface area contributed by atoms with Gasteiger partial charge in [0.2, 0.25) is 0 Å². The van der Waals surface area contributed by atoms with Gasteiger partial charge in [-0.3, -0.25) is 15.1 Å². The molecule has 2 heterocycles. The van der Waals surface area contributed by atoms with Crippen molar-refractivity contribution >= 4 is 34.6 Å². The van der Waals surface area contributed by atoms with Crippen LogP contribution in [-0.2, 0) is 4.79 Å². The van der Waals surface area contributed by atoms with E-state index in [-0.39, 0.29) is 5.91 Å². The van der Waals surface area contributed by atoms with Crippen LogP contribution in [0.15, 0.2) is 64.7 Å². The van der Waals surface area contributed by atoms with Crippen molar-refractivity contribution in [3.8, 4) is 5.75 Å². The highest BCUT2D eigenvalue weighted by Gasteiger charge is 2.32. The van der Waals surface area contributed by atoms with Crippen molar-refractivity contribution in [1.29, 1.82) is 0 Å². The van der Waals surface area contributed by atoms with Gasteiger partial charge in [0.25, 0.3) is 5.91 Å². The van der Waals surface area contributed by atoms with Crippen LogP contribution < -0.4 is 20.6 Å². The number of fused-ring (bicyclic) bond motifs is 2. The van der Waals surface area contributed by atoms with Gasteiger partial charge in [-0.2, -0.15) is 0 Å². The molecule has 30 heavy (non-hydrogen) atoms. The zero-order valence-electron chi connectivity index (χ0n) is 17.0. The summed E-state index contributed by atoms with van der Waals surface area (Å²) in [5.41, 5.74) is 1.55. The van der Waals surface area contributed by atoms with Crippen LogP contribution in [0, 0.1) is 0 Å². The summed E-state index contributed by atoms with van der Waals surface area (Å²) in [7, 11) is 1.65. The summed E-state index contributed by atoms with van der Waals surface area (Å²) in [5.74, 6) is 1.58. The lowest BCUT2D eigenvalue weighted by Crippen LogP contribution is -2.52. The third-order valence-corrected chi connectivity index (χ3v) is 5.81. The zero-order valence-corrected chi connectivity index (χ0v) is 17.9. The number of amides is 1. The van der Waals surface area contributed by atoms with Gasteiger partial charge in [-0.1, -0.05) is 61.5 Å². The molecule has 1 atom stereocenters. The molecule has 154 valence electrons. The van der Waals surface area contributed by atoms with Crippen LogP contribution in [0.4, 0.5) is 0 Å². The normalized spacial score (nSPS) is 17.7. The molecule has 2 aliphatic heterocycles. The molecule has 4 rings (SSSR count). The molecule has 6 nitrogen and oxygen atoms in total. The second-order valence-corrected chi connectivity index (χ2v) is 8.03. The number of rotatable bonds is 6. The number of thioether (sulfide) groups is 1. The lowest BCUT2D eigenvalue weighted by atomic mass is 10.1. The number of unbranched alkanes of at least 4 members (excludes halogenated alkanes) is 1. The van der Waals surface area contributed by atoms with Gasteiger partial charge in [-0.05, 0) is 36.3 Å². The Kier molecular flexibility index (Phi) is 6.18. The van der Waals surface area contributed by atoms with Crippen LogP contribution >= 0.6 is 11.8 Å². The minimum absolute atomic E-state index is 0.144. The second-order valence-electron chi connectivity index (χ2n) is 6.95. The quantitative estimate of drug-likeness (QED) is 0.730. The van der Waals surface area contributed by atoms with Crippen molar-refractivity contribution in [1.82, 2.24) is 10.3 Å². The number of hydrazone groups is 1. The first-order valence-electron chi connectivity index (χ1n) is 10.0. The monoisotopic (exact) mass is 420 g/mol. The lowest BCUT2D eigenvalue weighted by Gasteiger charge is -2.32. The Morgan fingerprint density at radius 2 is 2.00 bits per heavy atom. The Hall–Kier alpha value is -3.06. The molecule has 0 aliphatic carbocycles. The van der Waals surface area contributed by atoms with Crippen LogP contribution in [-0.4, -0.2) is 35.1 Å². The highest BCUT2D eigenvalue weighted by molar-refractivity contribution is 8.13. The molecule has 0 spiro atoms. The van der Waals surface area contributed by atoms with Crippen molar-refractivity contribution in [2.24, 2.45) is 10.1 Å². The molecule has 0 bridgehead atoms. The number of nitrogens with one attached hydrogen (secondary N) is 1. The van der Waals surface area contributed by atoms with E-state index in [9.17, 15) is 4.79 Å². The van der Waals surface area contributed by atoms with Crippen molar-refractivity contribution in [2.45, 2.75) is 25.9 Å². The lowest BCUT2D eigenvalue weighted by molar-refractivity contribution is -0.116. The number of methoxy groups -OCH3 is 1. The van der Waals surface area contributed by atoms with E-state index in [2.05, 4.69) is 12.2 Å². The molecule has 2 aliphatic rings. The predicted molar refractivity (Wildman–Crippen MR) is 121 cm³/mol. The zero-order chi connectivity index (χ0) is 20.9. The van der Waals surface area contributed by atoms with E-state index in [0.29, 0.717) is 10.9 Å². The van der Waals surface area contributed by atoms with Crippen LogP contribution in [0.1, 0.15) is 25.3 Å². The Morgan fingerprint density at radius 3 is 2.77 bits per heavy atom. The first-order valence-corrected chi connectivity index (χ1v) is 11.0. The van der Waals surface area contributed by atoms with Crippen LogP contribution in [0.5, 0.6) is 5.75 Å². The Bertz CT molecular complexity index is 1110. The number of nitrogens with zero attached hydrogens (tertiary/aromatic N) is 3. The fourth-order valence-corrected chi connectivity index (χ4v) is 4.21. The van der Waals surface area contributed by atoms with Crippen LogP contribution in [0.2, 0.25) is 0 Å². The average Bonchev–Trinajstić information content (AvgIpc) is 2.78. The van der Waals surface area contributed by atoms with Gasteiger partial charge >= 0.3 is 0 Å². The van der Waals surface area contributed by atoms with E-state index >= 15 is 0 Å². The Morgan fingerprint density at radius 1 is 1.20 bits per heavy atom. The molecule has 0 aromatic heterocycles. The number of ether oxygens (including phenoxy) is 1. The van der Waals surface area contributed by atoms with Gasteiger partial charge in [0.15, 0.2) is 11.3 Å². The smallest absolute Gasteiger partial charge is 0.276 e. The summed E-state index contributed by atoms with van der Waals surface area (Å²) in [4.78, 5) is 17.8. The summed E-state index contributed by atoms with van der Waals surface area (Å²) in [5, 5.41) is 11.6. The second kappa shape index (κ2) is 9.17. The summed E-state index contributed by atoms with van der Waals surface area (Å²) < 4.78 is 5.22. The maximum absolute atomic E-state index is 13.0. The Balaban J connectivity index is 1.70. The fourth-order valence-electron chi connectivity index (χ4n) is 3.27. The minimum Gasteiger partial charge on any atom is -0.497 e. The van der Waals surface area contributed by atoms with Gasteiger partial charge < -0.3 is 4.74 Å². The molecular weight excluding hydrogens is 396 g/mol. The third-order valence-electron chi connectivity index (χ3n) is 4.86. The van der Waals surface area contributed by atoms with E-state index in [1.54, 1.807) is 23.9 Å². The van der Waals surface area contributed by atoms with E-state index < -0.39 is 6.17 Å². The van der Waals surface area contributed by atoms with Crippen LogP contribution in [0.25, 0.3) is 11.8 Å². The van der Waals surface area contributed by atoms with Crippen molar-refractivity contribution in [3.05, 3.63) is 70.7 Å². The number of amidine groups is 1. The largest absolute Gasteiger partial charge is 0.497 e. The minimum atomic E-state index is -0.398. The molecule has 0 unspecified atom stereocenters. The Labute approximate surface area is 180 Å². The third kappa shape index (κ3) is 4.26. The standard InChI is InChI=1S/C23H24N4O2S/c1-3-4-15-30-23-25-22(28)21-18-7-5-6-8-19(18)24-20(27(21)26-23)14-11-16-9-12-17(29-2)13-10-16/h5-14,20H,3-4,15H2,1-2H3,(H,25,26,28)/b14-11+/t20-/m0/s1. The highest BCUT2D eigenvalue weighted by Crippen LogP contribution is 2.22. The first-order chi connectivity index (χ1) is 14.7. The van der Waals surface area contributed by atoms with E-state index in [0.717, 1.165) is 40.5 Å². The molecule has 7 heteroatoms. The van der Waals surface area contributed by atoms with Gasteiger partial charge in [0.05, 0.1) is 12.5 Å². The summed E-state index contributed by atoms with van der Waals surface area (Å²) in [6, 6.07) is 15.5. The fraction of sp³-hybridized carbons (Fsp3) is 0.261. The number of benzene rings is 2. The number of carbonyl (C=O) groups is 1. The van der Waals surface area contributed by atoms with Crippen molar-refractivity contribution in [2.75, 3.05) is 12.9 Å². The number of hydrogen-bond acceptors (Lipinski definition) is 6. The summed E-state index contributed by atoms with van der Waals surface area (Å²) in [6.45, 7) is 2.15. The molecule has 1 amide bonds. The summed E-state index contributed by atoms with van der Waals surface area (Å²) in [6.07, 6.45) is 5.74. The van der Waals surface area contributed by atoms with Crippen LogP contribution in [0.3, 0.4) is 0 Å². The van der Waals surface area contributed by atoms with Gasteiger partial charge in [0.1, 0.15) is 11.4 Å². The average molecular weight is 421 g/mol. The molecule has 2 aromatic carbocycles. The molecule has 0 fully saturated rings. The van der Waals surface area contributed by atoms with Gasteiger partial charge in [-0.15, -0.1) is 5.10 Å². The maximum Gasteiger partial charge on any atom is 0.276 e. The highest BCUT2D eigenvalue weighted by atomic mass is 32.2. The first kappa shape index (κ1) is 20.2. The molecule has 0 saturated carbocycles. The number of carbonyl (C=O) groups excluding carboxylic acids is 1. The van der Waals surface area contributed by atoms with E-state index in [1.807, 2.05) is 60.7 Å². The van der Waals surface area contributed by atoms with Gasteiger partial charge in [0, 0.05) is 11.0 Å². The molecular formula is C23H24N4O2S. The molecule has 2 aromatic rings. The number of hydrogen-bond donors (Lipinski definition) is 1. The molecule has 0 radical (unpaired) electrons. The van der Waals surface area contributed by atoms with E-state index in [1.165, 1.54) is 0 Å². The molecule has 1 N–H and O–H groups in total. The molecule has 0 saturated heterocycles. The van der Waals surface area contributed by atoms with Crippen molar-refractivity contribution < 1.29 is 9.53 Å². The van der Waals surface area contributed by atoms with Crippen molar-refractivity contribution in [3.63, 3.8) is 0 Å². The maximum atomic E-state index is 13.0. The SMILES string of the molecule is CCCCSC1=NN2C(=c3ccccc3=N[C@@H]2/C=C/c2ccc(OC)cc2)C(=O)N1. The van der Waals surface area contributed by atoms with E-state index in [4.69, 9.17) is 14.8 Å².